The van der Waals surface area contributed by atoms with Crippen LogP contribution in [0.4, 0.5) is 0 Å². The highest BCUT2D eigenvalue weighted by Crippen LogP contribution is 2.33. The van der Waals surface area contributed by atoms with E-state index in [1.165, 1.54) is 29.1 Å². The summed E-state index contributed by atoms with van der Waals surface area (Å²) in [5, 5.41) is 3.72. The van der Waals surface area contributed by atoms with Gasteiger partial charge in [0.15, 0.2) is 5.96 Å². The lowest BCUT2D eigenvalue weighted by atomic mass is 9.95. The van der Waals surface area contributed by atoms with Gasteiger partial charge < -0.3 is 15.0 Å². The number of thioether (sulfide) groups is 1. The second-order valence-electron chi connectivity index (χ2n) is 7.82. The van der Waals surface area contributed by atoms with Gasteiger partial charge in [-0.25, -0.2) is 0 Å². The molecule has 0 bridgehead atoms. The minimum Gasteiger partial charge on any atom is -0.379 e. The predicted octanol–water partition coefficient (Wildman–Crippen LogP) is 3.18. The molecule has 0 spiro atoms. The summed E-state index contributed by atoms with van der Waals surface area (Å²) in [4.78, 5) is 9.63. The molecule has 0 saturated carbocycles. The Hall–Kier alpha value is -0.770. The van der Waals surface area contributed by atoms with Crippen molar-refractivity contribution in [2.24, 2.45) is 4.99 Å². The Labute approximate surface area is 196 Å². The number of rotatable bonds is 4. The van der Waals surface area contributed by atoms with Gasteiger partial charge in [-0.15, -0.1) is 24.0 Å². The second kappa shape index (κ2) is 11.0. The maximum absolute atomic E-state index is 5.59. The van der Waals surface area contributed by atoms with Gasteiger partial charge in [0.05, 0.1) is 13.2 Å². The van der Waals surface area contributed by atoms with Gasteiger partial charge in [0.2, 0.25) is 0 Å². The molecule has 3 aliphatic heterocycles. The minimum atomic E-state index is 0. The molecule has 0 aliphatic carbocycles. The summed E-state index contributed by atoms with van der Waals surface area (Å²) >= 11 is 2.08. The SMILES string of the molecule is CN=C(NCC1(N2CCOCC2)CCSC1)N1CC=C(c2ccccc2)CC1.I. The Morgan fingerprint density at radius 1 is 1.21 bits per heavy atom. The maximum atomic E-state index is 5.59. The average molecular weight is 529 g/mol. The number of benzene rings is 1. The van der Waals surface area contributed by atoms with Crippen LogP contribution in [0.2, 0.25) is 0 Å². The Balaban J connectivity index is 0.00000240. The first-order valence-electron chi connectivity index (χ1n) is 10.4. The van der Waals surface area contributed by atoms with Crippen molar-refractivity contribution >= 4 is 47.3 Å². The number of halogens is 1. The van der Waals surface area contributed by atoms with Crippen LogP contribution in [0, 0.1) is 0 Å². The van der Waals surface area contributed by atoms with Crippen molar-refractivity contribution in [3.05, 3.63) is 42.0 Å². The lowest BCUT2D eigenvalue weighted by Crippen LogP contribution is -2.60. The molecule has 1 aromatic carbocycles. The number of ether oxygens (including phenoxy) is 1. The molecule has 4 rings (SSSR count). The summed E-state index contributed by atoms with van der Waals surface area (Å²) in [5.41, 5.74) is 3.04. The third kappa shape index (κ3) is 5.48. The van der Waals surface area contributed by atoms with Crippen molar-refractivity contribution in [3.8, 4) is 0 Å². The van der Waals surface area contributed by atoms with Crippen LogP contribution in [0.15, 0.2) is 41.4 Å². The molecule has 5 nitrogen and oxygen atoms in total. The van der Waals surface area contributed by atoms with E-state index in [0.717, 1.165) is 58.3 Å². The average Bonchev–Trinajstić information content (AvgIpc) is 3.26. The zero-order valence-electron chi connectivity index (χ0n) is 17.3. The van der Waals surface area contributed by atoms with Crippen LogP contribution in [0.3, 0.4) is 0 Å². The minimum absolute atomic E-state index is 0. The Morgan fingerprint density at radius 2 is 2.00 bits per heavy atom. The quantitative estimate of drug-likeness (QED) is 0.370. The van der Waals surface area contributed by atoms with Crippen molar-refractivity contribution in [1.82, 2.24) is 15.1 Å². The number of aliphatic imine (C=N–C) groups is 1. The molecular formula is C22H33IN4OS. The normalized spacial score (nSPS) is 26.0. The molecule has 160 valence electrons. The number of hydrogen-bond donors (Lipinski definition) is 1. The van der Waals surface area contributed by atoms with Gasteiger partial charge in [-0.3, -0.25) is 9.89 Å². The van der Waals surface area contributed by atoms with Crippen LogP contribution in [0.5, 0.6) is 0 Å². The fourth-order valence-corrected chi connectivity index (χ4v) is 5.96. The lowest BCUT2D eigenvalue weighted by molar-refractivity contribution is -0.0121. The highest BCUT2D eigenvalue weighted by Gasteiger charge is 2.40. The summed E-state index contributed by atoms with van der Waals surface area (Å²) in [6, 6.07) is 10.7. The fourth-order valence-electron chi connectivity index (χ4n) is 4.49. The third-order valence-electron chi connectivity index (χ3n) is 6.21. The van der Waals surface area contributed by atoms with E-state index >= 15 is 0 Å². The first-order valence-corrected chi connectivity index (χ1v) is 11.6. The smallest absolute Gasteiger partial charge is 0.194 e. The monoisotopic (exact) mass is 528 g/mol. The molecule has 0 aromatic heterocycles. The molecule has 2 fully saturated rings. The molecule has 3 aliphatic rings. The van der Waals surface area contributed by atoms with Crippen LogP contribution < -0.4 is 5.32 Å². The molecule has 7 heteroatoms. The highest BCUT2D eigenvalue weighted by atomic mass is 127. The third-order valence-corrected chi connectivity index (χ3v) is 7.44. The van der Waals surface area contributed by atoms with Crippen molar-refractivity contribution < 1.29 is 4.74 Å². The zero-order chi connectivity index (χ0) is 19.2. The Bertz CT molecular complexity index is 700. The lowest BCUT2D eigenvalue weighted by Gasteiger charge is -2.43. The van der Waals surface area contributed by atoms with Gasteiger partial charge in [-0.2, -0.15) is 11.8 Å². The van der Waals surface area contributed by atoms with Crippen LogP contribution in [0.1, 0.15) is 18.4 Å². The van der Waals surface area contributed by atoms with Crippen molar-refractivity contribution in [3.63, 3.8) is 0 Å². The molecule has 1 aromatic rings. The molecule has 0 radical (unpaired) electrons. The maximum Gasteiger partial charge on any atom is 0.194 e. The van der Waals surface area contributed by atoms with Gasteiger partial charge >= 0.3 is 0 Å². The summed E-state index contributed by atoms with van der Waals surface area (Å²) in [6.07, 6.45) is 4.67. The molecule has 1 atom stereocenters. The first kappa shape index (κ1) is 22.9. The van der Waals surface area contributed by atoms with Gasteiger partial charge in [-0.05, 0) is 29.7 Å². The highest BCUT2D eigenvalue weighted by molar-refractivity contribution is 14.0. The first-order chi connectivity index (χ1) is 13.8. The van der Waals surface area contributed by atoms with E-state index in [4.69, 9.17) is 4.74 Å². The summed E-state index contributed by atoms with van der Waals surface area (Å²) in [6.45, 7) is 6.73. The molecule has 3 heterocycles. The largest absolute Gasteiger partial charge is 0.379 e. The van der Waals surface area contributed by atoms with Gasteiger partial charge in [-0.1, -0.05) is 36.4 Å². The van der Waals surface area contributed by atoms with E-state index in [9.17, 15) is 0 Å². The Morgan fingerprint density at radius 3 is 2.62 bits per heavy atom. The molecule has 2 saturated heterocycles. The number of hydrogen-bond acceptors (Lipinski definition) is 4. The van der Waals surface area contributed by atoms with Crippen molar-refractivity contribution in [2.45, 2.75) is 18.4 Å². The second-order valence-corrected chi connectivity index (χ2v) is 8.92. The molecule has 1 unspecified atom stereocenters. The van der Waals surface area contributed by atoms with Crippen LogP contribution in [-0.2, 0) is 4.74 Å². The van der Waals surface area contributed by atoms with Crippen LogP contribution in [-0.4, -0.2) is 85.8 Å². The van der Waals surface area contributed by atoms with Gasteiger partial charge in [0.1, 0.15) is 0 Å². The van der Waals surface area contributed by atoms with Gasteiger partial charge in [0.25, 0.3) is 0 Å². The van der Waals surface area contributed by atoms with E-state index in [-0.39, 0.29) is 29.5 Å². The molecule has 0 amide bonds. The van der Waals surface area contributed by atoms with Crippen molar-refractivity contribution in [1.29, 1.82) is 0 Å². The number of morpholine rings is 1. The Kier molecular flexibility index (Phi) is 8.70. The molecule has 29 heavy (non-hydrogen) atoms. The summed E-state index contributed by atoms with van der Waals surface area (Å²) in [7, 11) is 1.91. The molecular weight excluding hydrogens is 495 g/mol. The van der Waals surface area contributed by atoms with E-state index in [2.05, 4.69) is 68.3 Å². The molecule has 1 N–H and O–H groups in total. The summed E-state index contributed by atoms with van der Waals surface area (Å²) in [5.74, 6) is 3.49. The van der Waals surface area contributed by atoms with Crippen molar-refractivity contribution in [2.75, 3.05) is 64.5 Å². The van der Waals surface area contributed by atoms with E-state index in [1.807, 2.05) is 7.05 Å². The van der Waals surface area contributed by atoms with E-state index < -0.39 is 0 Å². The van der Waals surface area contributed by atoms with E-state index in [1.54, 1.807) is 0 Å². The number of nitrogens with one attached hydrogen (secondary N) is 1. The summed E-state index contributed by atoms with van der Waals surface area (Å²) < 4.78 is 5.59. The standard InChI is InChI=1S/C22H32N4OS.HI/c1-23-21(25-10-7-20(8-11-25)19-5-3-2-4-6-19)24-17-22(9-16-28-18-22)26-12-14-27-15-13-26;/h2-7H,8-18H2,1H3,(H,23,24);1H. The number of guanidine groups is 1. The van der Waals surface area contributed by atoms with E-state index in [0.29, 0.717) is 0 Å². The van der Waals surface area contributed by atoms with Gasteiger partial charge in [0, 0.05) is 51.1 Å². The number of nitrogens with zero attached hydrogens (tertiary/aromatic N) is 3. The fraction of sp³-hybridized carbons (Fsp3) is 0.591. The zero-order valence-corrected chi connectivity index (χ0v) is 20.5. The van der Waals surface area contributed by atoms with Crippen LogP contribution >= 0.6 is 35.7 Å². The van der Waals surface area contributed by atoms with Crippen LogP contribution in [0.25, 0.3) is 5.57 Å². The predicted molar refractivity (Wildman–Crippen MR) is 134 cm³/mol. The topological polar surface area (TPSA) is 40.1 Å².